The van der Waals surface area contributed by atoms with Crippen LogP contribution in [0.1, 0.15) is 38.0 Å². The number of aryl methyl sites for hydroxylation is 2. The number of halogens is 1. The number of hydrogen-bond acceptors (Lipinski definition) is 2. The fraction of sp³-hybridized carbons (Fsp3) is 0.353. The van der Waals surface area contributed by atoms with E-state index in [9.17, 15) is 4.79 Å². The van der Waals surface area contributed by atoms with E-state index in [0.29, 0.717) is 17.6 Å². The van der Waals surface area contributed by atoms with Gasteiger partial charge in [-0.1, -0.05) is 24.3 Å². The van der Waals surface area contributed by atoms with Gasteiger partial charge < -0.3 is 0 Å². The SMILES string of the molecule is Cc1sc(C(=O)C2C3CCc4ccccc4C32)cc1Br. The number of ketones is 1. The third-order valence-electron chi connectivity index (χ3n) is 4.73. The Hall–Kier alpha value is -0.930. The molecule has 1 heterocycles. The van der Waals surface area contributed by atoms with Crippen LogP contribution < -0.4 is 0 Å². The summed E-state index contributed by atoms with van der Waals surface area (Å²) in [4.78, 5) is 14.9. The first-order chi connectivity index (χ1) is 9.66. The molecule has 0 aliphatic heterocycles. The van der Waals surface area contributed by atoms with Gasteiger partial charge in [0.25, 0.3) is 0 Å². The molecule has 20 heavy (non-hydrogen) atoms. The monoisotopic (exact) mass is 346 g/mol. The van der Waals surface area contributed by atoms with Gasteiger partial charge in [0.05, 0.1) is 4.88 Å². The van der Waals surface area contributed by atoms with E-state index >= 15 is 0 Å². The number of benzene rings is 1. The molecule has 3 unspecified atom stereocenters. The Labute approximate surface area is 131 Å². The smallest absolute Gasteiger partial charge is 0.176 e. The lowest BCUT2D eigenvalue weighted by Gasteiger charge is -2.13. The minimum atomic E-state index is 0.226. The Morgan fingerprint density at radius 1 is 1.35 bits per heavy atom. The van der Waals surface area contributed by atoms with Gasteiger partial charge in [-0.2, -0.15) is 0 Å². The van der Waals surface area contributed by atoms with Crippen LogP contribution in [0.25, 0.3) is 0 Å². The van der Waals surface area contributed by atoms with Crippen LogP contribution in [0.4, 0.5) is 0 Å². The normalized spacial score (nSPS) is 26.8. The van der Waals surface area contributed by atoms with Crippen LogP contribution in [0, 0.1) is 18.8 Å². The topological polar surface area (TPSA) is 17.1 Å². The molecule has 0 spiro atoms. The third kappa shape index (κ3) is 1.83. The average Bonchev–Trinajstić information content (AvgIpc) is 3.11. The Morgan fingerprint density at radius 3 is 2.90 bits per heavy atom. The maximum Gasteiger partial charge on any atom is 0.176 e. The zero-order valence-corrected chi connectivity index (χ0v) is 13.6. The molecule has 102 valence electrons. The Bertz CT molecular complexity index is 683. The lowest BCUT2D eigenvalue weighted by atomic mass is 9.92. The first-order valence-electron chi connectivity index (χ1n) is 7.05. The molecule has 1 saturated carbocycles. The van der Waals surface area contributed by atoms with Crippen LogP contribution in [0.5, 0.6) is 0 Å². The molecule has 1 aromatic carbocycles. The van der Waals surface area contributed by atoms with Crippen molar-refractivity contribution in [1.82, 2.24) is 0 Å². The highest BCUT2D eigenvalue weighted by Gasteiger charge is 2.57. The van der Waals surface area contributed by atoms with Crippen molar-refractivity contribution in [3.05, 3.63) is 55.7 Å². The van der Waals surface area contributed by atoms with Crippen molar-refractivity contribution in [2.75, 3.05) is 0 Å². The third-order valence-corrected chi connectivity index (χ3v) is 6.88. The molecular formula is C17H15BrOS. The lowest BCUT2D eigenvalue weighted by Crippen LogP contribution is -2.01. The van der Waals surface area contributed by atoms with E-state index in [-0.39, 0.29) is 5.92 Å². The van der Waals surface area contributed by atoms with E-state index in [0.717, 1.165) is 15.8 Å². The fourth-order valence-corrected chi connectivity index (χ4v) is 5.19. The molecular weight excluding hydrogens is 332 g/mol. The quantitative estimate of drug-likeness (QED) is 0.701. The van der Waals surface area contributed by atoms with Crippen molar-refractivity contribution in [1.29, 1.82) is 0 Å². The zero-order chi connectivity index (χ0) is 13.9. The summed E-state index contributed by atoms with van der Waals surface area (Å²) in [7, 11) is 0. The molecule has 0 amide bonds. The predicted octanol–water partition coefficient (Wildman–Crippen LogP) is 4.98. The second-order valence-electron chi connectivity index (χ2n) is 5.83. The van der Waals surface area contributed by atoms with Gasteiger partial charge in [0.2, 0.25) is 0 Å². The number of carbonyl (C=O) groups is 1. The number of thiophene rings is 1. The van der Waals surface area contributed by atoms with Gasteiger partial charge in [-0.25, -0.2) is 0 Å². The van der Waals surface area contributed by atoms with E-state index in [1.165, 1.54) is 22.4 Å². The van der Waals surface area contributed by atoms with Gasteiger partial charge >= 0.3 is 0 Å². The number of fused-ring (bicyclic) bond motifs is 3. The van der Waals surface area contributed by atoms with Gasteiger partial charge in [0, 0.05) is 15.3 Å². The summed E-state index contributed by atoms with van der Waals surface area (Å²) in [5, 5.41) is 0. The maximum absolute atomic E-state index is 12.7. The Balaban J connectivity index is 1.65. The van der Waals surface area contributed by atoms with E-state index in [4.69, 9.17) is 0 Å². The molecule has 2 aliphatic carbocycles. The first kappa shape index (κ1) is 12.8. The van der Waals surface area contributed by atoms with Crippen molar-refractivity contribution >= 4 is 33.0 Å². The number of hydrogen-bond donors (Lipinski definition) is 0. The first-order valence-corrected chi connectivity index (χ1v) is 8.65. The molecule has 3 heteroatoms. The summed E-state index contributed by atoms with van der Waals surface area (Å²) >= 11 is 5.14. The Morgan fingerprint density at radius 2 is 2.15 bits per heavy atom. The minimum Gasteiger partial charge on any atom is -0.293 e. The van der Waals surface area contributed by atoms with Gasteiger partial charge in [-0.05, 0) is 64.7 Å². The highest BCUT2D eigenvalue weighted by molar-refractivity contribution is 9.10. The van der Waals surface area contributed by atoms with Gasteiger partial charge in [-0.15, -0.1) is 11.3 Å². The standard InChI is InChI=1S/C17H15BrOS/c1-9-13(18)8-14(20-9)17(19)16-12-7-6-10-4-2-3-5-11(10)15(12)16/h2-5,8,12,15-16H,6-7H2,1H3. The molecule has 2 aromatic rings. The van der Waals surface area contributed by atoms with Crippen molar-refractivity contribution in [3.63, 3.8) is 0 Å². The van der Waals surface area contributed by atoms with Crippen molar-refractivity contribution in [2.24, 2.45) is 11.8 Å². The van der Waals surface area contributed by atoms with E-state index < -0.39 is 0 Å². The predicted molar refractivity (Wildman–Crippen MR) is 85.6 cm³/mol. The molecule has 1 fully saturated rings. The molecule has 4 rings (SSSR count). The molecule has 1 aromatic heterocycles. The second kappa shape index (κ2) is 4.54. The number of rotatable bonds is 2. The largest absolute Gasteiger partial charge is 0.293 e. The average molecular weight is 347 g/mol. The highest BCUT2D eigenvalue weighted by Crippen LogP contribution is 2.61. The maximum atomic E-state index is 12.7. The highest BCUT2D eigenvalue weighted by atomic mass is 79.9. The summed E-state index contributed by atoms with van der Waals surface area (Å²) < 4.78 is 1.06. The van der Waals surface area contributed by atoms with Crippen LogP contribution >= 0.6 is 27.3 Å². The lowest BCUT2D eigenvalue weighted by molar-refractivity contribution is 0.0963. The van der Waals surface area contributed by atoms with Crippen LogP contribution in [0.3, 0.4) is 0 Å². The summed E-state index contributed by atoms with van der Waals surface area (Å²) in [5.41, 5.74) is 2.88. The number of Topliss-reactive ketones (excluding diaryl/α,β-unsaturated/α-hetero) is 1. The summed E-state index contributed by atoms with van der Waals surface area (Å²) in [5.74, 6) is 1.64. The van der Waals surface area contributed by atoms with Crippen LogP contribution in [0.2, 0.25) is 0 Å². The number of carbonyl (C=O) groups excluding carboxylic acids is 1. The van der Waals surface area contributed by atoms with Crippen LogP contribution in [0.15, 0.2) is 34.8 Å². The molecule has 0 N–H and O–H groups in total. The zero-order valence-electron chi connectivity index (χ0n) is 11.2. The molecule has 0 bridgehead atoms. The van der Waals surface area contributed by atoms with Crippen molar-refractivity contribution in [3.8, 4) is 0 Å². The van der Waals surface area contributed by atoms with Gasteiger partial charge in [-0.3, -0.25) is 4.79 Å². The summed E-state index contributed by atoms with van der Waals surface area (Å²) in [6, 6.07) is 10.6. The van der Waals surface area contributed by atoms with Crippen molar-refractivity contribution in [2.45, 2.75) is 25.7 Å². The van der Waals surface area contributed by atoms with Gasteiger partial charge in [0.15, 0.2) is 5.78 Å². The van der Waals surface area contributed by atoms with E-state index in [1.807, 2.05) is 6.07 Å². The Kier molecular flexibility index (Phi) is 2.90. The molecule has 0 saturated heterocycles. The molecule has 0 radical (unpaired) electrons. The fourth-order valence-electron chi connectivity index (χ4n) is 3.67. The van der Waals surface area contributed by atoms with Crippen molar-refractivity contribution < 1.29 is 4.79 Å². The van der Waals surface area contributed by atoms with Crippen LogP contribution in [-0.2, 0) is 6.42 Å². The summed E-state index contributed by atoms with van der Waals surface area (Å²) in [6.45, 7) is 2.06. The van der Waals surface area contributed by atoms with Crippen LogP contribution in [-0.4, -0.2) is 5.78 Å². The molecule has 2 aliphatic rings. The molecule has 1 nitrogen and oxygen atoms in total. The van der Waals surface area contributed by atoms with E-state index in [2.05, 4.69) is 47.1 Å². The summed E-state index contributed by atoms with van der Waals surface area (Å²) in [6.07, 6.45) is 2.30. The van der Waals surface area contributed by atoms with Gasteiger partial charge in [0.1, 0.15) is 0 Å². The van der Waals surface area contributed by atoms with E-state index in [1.54, 1.807) is 11.3 Å². The minimum absolute atomic E-state index is 0.226. The second-order valence-corrected chi connectivity index (χ2v) is 7.94. The molecule has 3 atom stereocenters.